The third-order valence-electron chi connectivity index (χ3n) is 2.49. The molecule has 1 fully saturated rings. The summed E-state index contributed by atoms with van der Waals surface area (Å²) in [4.78, 5) is 0. The summed E-state index contributed by atoms with van der Waals surface area (Å²) < 4.78 is 0. The quantitative estimate of drug-likeness (QED) is 0.353. The molecule has 0 bridgehead atoms. The normalized spacial score (nSPS) is 23.8. The minimum absolute atomic E-state index is 0. The van der Waals surface area contributed by atoms with Gasteiger partial charge in [0, 0.05) is 0 Å². The largest absolute Gasteiger partial charge is 1.00 e. The molecule has 1 aliphatic carbocycles. The van der Waals surface area contributed by atoms with Crippen LogP contribution >= 0.6 is 8.58 Å². The number of rotatable bonds is 3. The molecule has 2 unspecified atom stereocenters. The summed E-state index contributed by atoms with van der Waals surface area (Å²) in [5.74, 6) is 1.04. The van der Waals surface area contributed by atoms with Gasteiger partial charge in [-0.3, -0.25) is 0 Å². The Hall–Kier alpha value is 1.03. The van der Waals surface area contributed by atoms with Gasteiger partial charge in [0.05, 0.1) is 0 Å². The van der Waals surface area contributed by atoms with E-state index in [0.29, 0.717) is 5.16 Å². The predicted octanol–water partition coefficient (Wildman–Crippen LogP) is 0.862. The first-order valence-corrected chi connectivity index (χ1v) is 6.35. The molecule has 0 N–H and O–H groups in total. The van der Waals surface area contributed by atoms with Crippen LogP contribution in [0.5, 0.6) is 0 Å². The van der Waals surface area contributed by atoms with Crippen LogP contribution in [0.1, 0.15) is 46.5 Å². The topological polar surface area (TPSA) is 0 Å². The van der Waals surface area contributed by atoms with Crippen LogP contribution in [0.2, 0.25) is 0 Å². The molecule has 0 aromatic rings. The first-order valence-electron chi connectivity index (χ1n) is 5.14. The maximum atomic E-state index is 2.46. The van der Waals surface area contributed by atoms with Crippen molar-refractivity contribution in [2.45, 2.75) is 51.6 Å². The van der Waals surface area contributed by atoms with Gasteiger partial charge in [-0.1, -0.05) is 33.1 Å². The molecule has 2 atom stereocenters. The first kappa shape index (κ1) is 14.0. The second-order valence-electron chi connectivity index (χ2n) is 4.93. The Labute approximate surface area is 97.6 Å². The molecule has 1 saturated carbocycles. The van der Waals surface area contributed by atoms with Gasteiger partial charge in [-0.25, -0.2) is 0 Å². The van der Waals surface area contributed by atoms with E-state index in [1.807, 2.05) is 0 Å². The molecule has 2 heteroatoms. The third-order valence-corrected chi connectivity index (χ3v) is 4.09. The van der Waals surface area contributed by atoms with E-state index in [4.69, 9.17) is 0 Å². The Bertz CT molecular complexity index is 123. The third kappa shape index (κ3) is 7.02. The van der Waals surface area contributed by atoms with Crippen molar-refractivity contribution in [2.75, 3.05) is 6.16 Å². The molecular formula is C11H22LiP. The fourth-order valence-electron chi connectivity index (χ4n) is 1.74. The van der Waals surface area contributed by atoms with Crippen molar-refractivity contribution in [3.05, 3.63) is 6.42 Å². The van der Waals surface area contributed by atoms with Gasteiger partial charge in [-0.05, 0) is 17.7 Å². The Morgan fingerprint density at radius 1 is 1.38 bits per heavy atom. The maximum Gasteiger partial charge on any atom is 1.00 e. The second-order valence-corrected chi connectivity index (χ2v) is 7.29. The fourth-order valence-corrected chi connectivity index (χ4v) is 3.04. The van der Waals surface area contributed by atoms with Gasteiger partial charge < -0.3 is 6.42 Å². The van der Waals surface area contributed by atoms with Crippen LogP contribution < -0.4 is 18.9 Å². The van der Waals surface area contributed by atoms with Gasteiger partial charge in [-0.15, -0.1) is 8.58 Å². The van der Waals surface area contributed by atoms with Crippen molar-refractivity contribution in [2.24, 2.45) is 5.92 Å². The van der Waals surface area contributed by atoms with E-state index in [9.17, 15) is 0 Å². The van der Waals surface area contributed by atoms with Crippen molar-refractivity contribution in [3.8, 4) is 0 Å². The van der Waals surface area contributed by atoms with Gasteiger partial charge in [0.1, 0.15) is 0 Å². The molecule has 0 spiro atoms. The molecule has 0 aromatic carbocycles. The molecule has 0 aromatic heterocycles. The van der Waals surface area contributed by atoms with E-state index in [2.05, 4.69) is 27.2 Å². The molecule has 0 nitrogen and oxygen atoms in total. The summed E-state index contributed by atoms with van der Waals surface area (Å²) in [6, 6.07) is 0. The van der Waals surface area contributed by atoms with Crippen LogP contribution in [0.25, 0.3) is 0 Å². The van der Waals surface area contributed by atoms with Crippen LogP contribution in [0, 0.1) is 12.3 Å². The van der Waals surface area contributed by atoms with Crippen LogP contribution in [-0.4, -0.2) is 11.3 Å². The standard InChI is InChI=1S/C11H22P.Li/c1-11(2,3)12-9-8-10-6-4-5-7-10;/h4,10,12H,5-9H2,1-3H3;/q-1;+1. The molecule has 0 radical (unpaired) electrons. The summed E-state index contributed by atoms with van der Waals surface area (Å²) in [5, 5.41) is 0.572. The molecule has 13 heavy (non-hydrogen) atoms. The van der Waals surface area contributed by atoms with E-state index >= 15 is 0 Å². The summed E-state index contributed by atoms with van der Waals surface area (Å²) >= 11 is 0. The van der Waals surface area contributed by atoms with Gasteiger partial charge in [-0.2, -0.15) is 12.8 Å². The number of hydrogen-bond donors (Lipinski definition) is 0. The Morgan fingerprint density at radius 3 is 2.54 bits per heavy atom. The van der Waals surface area contributed by atoms with Crippen LogP contribution in [0.3, 0.4) is 0 Å². The molecule has 1 aliphatic rings. The predicted molar refractivity (Wildman–Crippen MR) is 59.2 cm³/mol. The second kappa shape index (κ2) is 6.50. The number of hydrogen-bond acceptors (Lipinski definition) is 0. The Kier molecular flexibility index (Phi) is 7.01. The summed E-state index contributed by atoms with van der Waals surface area (Å²) in [7, 11) is 1.15. The van der Waals surface area contributed by atoms with Crippen molar-refractivity contribution in [1.82, 2.24) is 0 Å². The molecule has 0 saturated heterocycles. The molecule has 0 aliphatic heterocycles. The fraction of sp³-hybridized carbons (Fsp3) is 0.909. The van der Waals surface area contributed by atoms with Gasteiger partial charge in [0.15, 0.2) is 0 Å². The maximum absolute atomic E-state index is 2.46. The first-order chi connectivity index (χ1) is 5.58. The van der Waals surface area contributed by atoms with Gasteiger partial charge >= 0.3 is 18.9 Å². The van der Waals surface area contributed by atoms with E-state index in [1.54, 1.807) is 0 Å². The molecule has 0 heterocycles. The smallest absolute Gasteiger partial charge is 0.328 e. The molecule has 0 amide bonds. The van der Waals surface area contributed by atoms with Crippen molar-refractivity contribution in [3.63, 3.8) is 0 Å². The van der Waals surface area contributed by atoms with E-state index in [0.717, 1.165) is 14.5 Å². The van der Waals surface area contributed by atoms with Crippen molar-refractivity contribution >= 4 is 8.58 Å². The van der Waals surface area contributed by atoms with Crippen molar-refractivity contribution < 1.29 is 18.9 Å². The van der Waals surface area contributed by atoms with Crippen LogP contribution in [-0.2, 0) is 0 Å². The zero-order valence-electron chi connectivity index (χ0n) is 9.69. The average Bonchev–Trinajstić information content (AvgIpc) is 2.36. The zero-order chi connectivity index (χ0) is 9.03. The minimum Gasteiger partial charge on any atom is -0.328 e. The van der Waals surface area contributed by atoms with Gasteiger partial charge in [0.25, 0.3) is 0 Å². The van der Waals surface area contributed by atoms with Crippen LogP contribution in [0.15, 0.2) is 0 Å². The van der Waals surface area contributed by atoms with E-state index in [1.165, 1.54) is 31.8 Å². The summed E-state index contributed by atoms with van der Waals surface area (Å²) in [6.45, 7) is 7.06. The summed E-state index contributed by atoms with van der Waals surface area (Å²) in [5.41, 5.74) is 0. The average molecular weight is 192 g/mol. The van der Waals surface area contributed by atoms with E-state index in [-0.39, 0.29) is 18.9 Å². The van der Waals surface area contributed by atoms with Gasteiger partial charge in [0.2, 0.25) is 0 Å². The minimum atomic E-state index is 0. The molecular weight excluding hydrogens is 170 g/mol. The Balaban J connectivity index is 0.00000144. The molecule has 72 valence electrons. The van der Waals surface area contributed by atoms with Crippen molar-refractivity contribution in [1.29, 1.82) is 0 Å². The summed E-state index contributed by atoms with van der Waals surface area (Å²) in [6.07, 6.45) is 9.64. The Morgan fingerprint density at radius 2 is 2.08 bits per heavy atom. The zero-order valence-corrected chi connectivity index (χ0v) is 10.7. The van der Waals surface area contributed by atoms with E-state index < -0.39 is 0 Å². The van der Waals surface area contributed by atoms with Crippen LogP contribution in [0.4, 0.5) is 0 Å². The SMILES string of the molecule is CC(C)(C)PCCC1C[CH-]CC1.[Li+]. The monoisotopic (exact) mass is 192 g/mol. The molecule has 1 rings (SSSR count).